The molecular formula is C35H42ClN3O. The van der Waals surface area contributed by atoms with E-state index in [1.165, 1.54) is 48.9 Å². The highest BCUT2D eigenvalue weighted by atomic mass is 35.5. The molecule has 40 heavy (non-hydrogen) atoms. The molecule has 7 atom stereocenters. The number of carbonyl (C=O) groups excluding carboxylic acids is 1. The second kappa shape index (κ2) is 9.76. The van der Waals surface area contributed by atoms with Gasteiger partial charge in [0, 0.05) is 25.1 Å². The molecule has 210 valence electrons. The second-order valence-electron chi connectivity index (χ2n) is 13.7. The van der Waals surface area contributed by atoms with E-state index in [0.717, 1.165) is 60.0 Å². The Bertz CT molecular complexity index is 1480. The molecule has 0 bridgehead atoms. The van der Waals surface area contributed by atoms with Crippen molar-refractivity contribution in [2.75, 3.05) is 5.32 Å². The number of rotatable bonds is 5. The summed E-state index contributed by atoms with van der Waals surface area (Å²) in [6, 6.07) is 14.6. The van der Waals surface area contributed by atoms with Crippen LogP contribution in [0.2, 0.25) is 5.02 Å². The van der Waals surface area contributed by atoms with E-state index >= 15 is 0 Å². The summed E-state index contributed by atoms with van der Waals surface area (Å²) in [5.74, 6) is 4.67. The van der Waals surface area contributed by atoms with Gasteiger partial charge >= 0.3 is 0 Å². The number of pyridine rings is 1. The number of benzene rings is 1. The van der Waals surface area contributed by atoms with Crippen LogP contribution in [-0.2, 0) is 11.3 Å². The largest absolute Gasteiger partial charge is 0.366 e. The van der Waals surface area contributed by atoms with Gasteiger partial charge in [0.25, 0.3) is 0 Å². The lowest BCUT2D eigenvalue weighted by Gasteiger charge is -2.58. The third-order valence-corrected chi connectivity index (χ3v) is 12.2. The lowest BCUT2D eigenvalue weighted by Crippen LogP contribution is -2.50. The molecule has 0 radical (unpaired) electrons. The lowest BCUT2D eigenvalue weighted by molar-refractivity contribution is -0.117. The van der Waals surface area contributed by atoms with Crippen LogP contribution in [0.25, 0.3) is 5.65 Å². The third-order valence-electron chi connectivity index (χ3n) is 12.0. The maximum absolute atomic E-state index is 12.2. The van der Waals surface area contributed by atoms with Crippen LogP contribution in [0.3, 0.4) is 0 Å². The average Bonchev–Trinajstić information content (AvgIpc) is 3.49. The van der Waals surface area contributed by atoms with Crippen molar-refractivity contribution in [1.82, 2.24) is 9.38 Å². The van der Waals surface area contributed by atoms with Crippen molar-refractivity contribution in [3.05, 3.63) is 76.6 Å². The van der Waals surface area contributed by atoms with E-state index in [2.05, 4.69) is 60.8 Å². The Morgan fingerprint density at radius 1 is 1.02 bits per heavy atom. The molecule has 2 heterocycles. The first-order valence-electron chi connectivity index (χ1n) is 15.5. The van der Waals surface area contributed by atoms with Crippen LogP contribution in [0, 0.1) is 34.5 Å². The first-order valence-corrected chi connectivity index (χ1v) is 15.8. The normalized spacial score (nSPS) is 34.1. The van der Waals surface area contributed by atoms with Gasteiger partial charge in [0.15, 0.2) is 5.78 Å². The molecular weight excluding hydrogens is 514 g/mol. The number of anilines is 1. The molecule has 0 saturated heterocycles. The van der Waals surface area contributed by atoms with E-state index in [9.17, 15) is 4.79 Å². The number of hydrogen-bond donors (Lipinski definition) is 1. The number of ketones is 1. The van der Waals surface area contributed by atoms with Gasteiger partial charge in [-0.05, 0) is 103 Å². The summed E-state index contributed by atoms with van der Waals surface area (Å²) in [5.41, 5.74) is 5.42. The van der Waals surface area contributed by atoms with Crippen LogP contribution >= 0.6 is 11.6 Å². The predicted molar refractivity (Wildman–Crippen MR) is 163 cm³/mol. The standard InChI is InChI=1S/C35H42ClN3O/c1-22(32-33(37-20-23-7-5-4-6-8-23)39-21-25(36)10-14-31(39)38-32)28-12-13-29-27-11-9-24-19-26(40)15-17-34(24,2)30(27)16-18-35(28,29)3/h4-8,10,14,19,21-22,27-30,37H,9,11-13,15-18,20H2,1-3H3/t22-,27-,28+,29-,30-,34-,35+/m0/s1. The molecule has 1 N–H and O–H groups in total. The number of nitrogens with zero attached hydrogens (tertiary/aromatic N) is 2. The Hall–Kier alpha value is -2.59. The molecule has 0 spiro atoms. The van der Waals surface area contributed by atoms with Crippen LogP contribution in [0.1, 0.15) is 89.3 Å². The number of carbonyl (C=O) groups is 1. The topological polar surface area (TPSA) is 46.4 Å². The van der Waals surface area contributed by atoms with E-state index in [4.69, 9.17) is 16.6 Å². The molecule has 4 aliphatic carbocycles. The SMILES string of the molecule is C[C@H](c1nc2ccc(Cl)cn2c1NCc1ccccc1)[C@H]1CC[C@H]2[C@@H]3CCC4=CC(=O)CC[C@]4(C)[C@H]3CC[C@]12C. The maximum atomic E-state index is 12.2. The van der Waals surface area contributed by atoms with E-state index in [0.29, 0.717) is 23.0 Å². The zero-order chi connectivity index (χ0) is 27.6. The fourth-order valence-electron chi connectivity index (χ4n) is 9.92. The van der Waals surface area contributed by atoms with Crippen LogP contribution in [0.4, 0.5) is 5.82 Å². The third kappa shape index (κ3) is 4.08. The minimum atomic E-state index is 0.233. The van der Waals surface area contributed by atoms with Crippen molar-refractivity contribution < 1.29 is 4.79 Å². The Morgan fingerprint density at radius 2 is 1.85 bits per heavy atom. The number of allylic oxidation sites excluding steroid dienone is 1. The molecule has 0 unspecified atom stereocenters. The van der Waals surface area contributed by atoms with Gasteiger partial charge in [-0.2, -0.15) is 0 Å². The smallest absolute Gasteiger partial charge is 0.155 e. The van der Waals surface area contributed by atoms with E-state index < -0.39 is 0 Å². The first-order chi connectivity index (χ1) is 19.3. The molecule has 5 heteroatoms. The summed E-state index contributed by atoms with van der Waals surface area (Å²) in [6.45, 7) is 8.29. The predicted octanol–water partition coefficient (Wildman–Crippen LogP) is 8.85. The van der Waals surface area contributed by atoms with Crippen molar-refractivity contribution in [2.45, 2.75) is 84.6 Å². The van der Waals surface area contributed by atoms with Crippen molar-refractivity contribution in [3.8, 4) is 0 Å². The van der Waals surface area contributed by atoms with Gasteiger partial charge in [0.1, 0.15) is 11.5 Å². The lowest BCUT2D eigenvalue weighted by atomic mass is 9.46. The summed E-state index contributed by atoms with van der Waals surface area (Å²) in [7, 11) is 0. The molecule has 0 amide bonds. The number of hydrogen-bond acceptors (Lipinski definition) is 3. The Balaban J connectivity index is 1.19. The molecule has 4 aliphatic rings. The van der Waals surface area contributed by atoms with Gasteiger partial charge in [0.2, 0.25) is 0 Å². The van der Waals surface area contributed by atoms with Crippen molar-refractivity contribution in [1.29, 1.82) is 0 Å². The quantitative estimate of drug-likeness (QED) is 0.342. The maximum Gasteiger partial charge on any atom is 0.155 e. The Morgan fingerprint density at radius 3 is 2.67 bits per heavy atom. The molecule has 7 rings (SSSR count). The van der Waals surface area contributed by atoms with Crippen LogP contribution in [0.5, 0.6) is 0 Å². The minimum absolute atomic E-state index is 0.233. The van der Waals surface area contributed by atoms with Crippen LogP contribution in [0.15, 0.2) is 60.3 Å². The Labute approximate surface area is 243 Å². The number of imidazole rings is 1. The minimum Gasteiger partial charge on any atom is -0.366 e. The van der Waals surface area contributed by atoms with Crippen LogP contribution < -0.4 is 5.32 Å². The van der Waals surface area contributed by atoms with Crippen molar-refractivity contribution in [2.24, 2.45) is 34.5 Å². The van der Waals surface area contributed by atoms with Crippen molar-refractivity contribution in [3.63, 3.8) is 0 Å². The molecule has 4 nitrogen and oxygen atoms in total. The fourth-order valence-corrected chi connectivity index (χ4v) is 10.1. The Kier molecular flexibility index (Phi) is 6.42. The molecule has 3 saturated carbocycles. The second-order valence-corrected chi connectivity index (χ2v) is 14.2. The summed E-state index contributed by atoms with van der Waals surface area (Å²) in [6.07, 6.45) is 13.4. The summed E-state index contributed by atoms with van der Waals surface area (Å²) in [5, 5.41) is 4.49. The summed E-state index contributed by atoms with van der Waals surface area (Å²) < 4.78 is 2.16. The highest BCUT2D eigenvalue weighted by Gasteiger charge is 2.59. The summed E-state index contributed by atoms with van der Waals surface area (Å²) >= 11 is 6.47. The highest BCUT2D eigenvalue weighted by Crippen LogP contribution is 2.68. The molecule has 2 aromatic heterocycles. The average molecular weight is 556 g/mol. The van der Waals surface area contributed by atoms with Gasteiger partial charge in [-0.15, -0.1) is 0 Å². The highest BCUT2D eigenvalue weighted by molar-refractivity contribution is 6.30. The zero-order valence-corrected chi connectivity index (χ0v) is 24.9. The first kappa shape index (κ1) is 26.3. The summed E-state index contributed by atoms with van der Waals surface area (Å²) in [4.78, 5) is 17.5. The number of fused-ring (bicyclic) bond motifs is 6. The van der Waals surface area contributed by atoms with E-state index in [1.54, 1.807) is 0 Å². The number of nitrogens with one attached hydrogen (secondary N) is 1. The van der Waals surface area contributed by atoms with Crippen LogP contribution in [-0.4, -0.2) is 15.2 Å². The van der Waals surface area contributed by atoms with Crippen molar-refractivity contribution >= 4 is 28.8 Å². The number of halogens is 1. The molecule has 3 aromatic rings. The van der Waals surface area contributed by atoms with Gasteiger partial charge in [-0.1, -0.05) is 68.3 Å². The van der Waals surface area contributed by atoms with Gasteiger partial charge in [-0.3, -0.25) is 9.20 Å². The van der Waals surface area contributed by atoms with Gasteiger partial charge in [0.05, 0.1) is 10.7 Å². The fraction of sp³-hybridized carbons (Fsp3) is 0.543. The molecule has 1 aromatic carbocycles. The van der Waals surface area contributed by atoms with Gasteiger partial charge < -0.3 is 5.32 Å². The molecule has 3 fully saturated rings. The molecule has 0 aliphatic heterocycles. The van der Waals surface area contributed by atoms with E-state index in [-0.39, 0.29) is 5.41 Å². The monoisotopic (exact) mass is 555 g/mol. The van der Waals surface area contributed by atoms with Gasteiger partial charge in [-0.25, -0.2) is 4.98 Å². The zero-order valence-electron chi connectivity index (χ0n) is 24.1. The number of aromatic nitrogens is 2. The van der Waals surface area contributed by atoms with E-state index in [1.807, 2.05) is 24.4 Å².